The van der Waals surface area contributed by atoms with Crippen LogP contribution in [0.5, 0.6) is 0 Å². The Morgan fingerprint density at radius 3 is 2.57 bits per heavy atom. The number of rotatable bonds is 8. The van der Waals surface area contributed by atoms with Gasteiger partial charge in [0.2, 0.25) is 5.91 Å². The lowest BCUT2D eigenvalue weighted by Crippen LogP contribution is -2.25. The Hall–Kier alpha value is -2.57. The van der Waals surface area contributed by atoms with Crippen LogP contribution in [0.2, 0.25) is 0 Å². The number of hydrogen-bond acceptors (Lipinski definition) is 3. The van der Waals surface area contributed by atoms with E-state index in [0.29, 0.717) is 13.2 Å². The number of halogens is 1. The van der Waals surface area contributed by atoms with E-state index in [1.165, 1.54) is 12.1 Å². The van der Waals surface area contributed by atoms with Crippen LogP contribution in [0.1, 0.15) is 36.5 Å². The molecule has 0 bridgehead atoms. The van der Waals surface area contributed by atoms with Gasteiger partial charge in [-0.1, -0.05) is 18.2 Å². The predicted octanol–water partition coefficient (Wildman–Crippen LogP) is 4.43. The summed E-state index contributed by atoms with van der Waals surface area (Å²) in [6, 6.07) is 12.2. The van der Waals surface area contributed by atoms with Crippen LogP contribution in [0.3, 0.4) is 0 Å². The molecule has 0 fully saturated rings. The van der Waals surface area contributed by atoms with Crippen LogP contribution >= 0.6 is 0 Å². The second-order valence-corrected chi connectivity index (χ2v) is 8.63. The second kappa shape index (κ2) is 9.96. The van der Waals surface area contributed by atoms with Crippen molar-refractivity contribution in [1.82, 2.24) is 5.32 Å². The molecule has 4 nitrogen and oxygen atoms in total. The zero-order chi connectivity index (χ0) is 21.7. The van der Waals surface area contributed by atoms with Crippen molar-refractivity contribution in [1.29, 1.82) is 0 Å². The molecule has 0 aromatic heterocycles. The molecule has 0 heterocycles. The number of allylic oxidation sites excluding steroid dienone is 2. The van der Waals surface area contributed by atoms with Crippen molar-refractivity contribution < 1.29 is 18.1 Å². The van der Waals surface area contributed by atoms with E-state index in [4.69, 9.17) is 4.74 Å². The van der Waals surface area contributed by atoms with Crippen molar-refractivity contribution in [3.63, 3.8) is 0 Å². The summed E-state index contributed by atoms with van der Waals surface area (Å²) in [7, 11) is 0.600. The number of fused-ring (bicyclic) bond motifs is 1. The number of nitrogens with one attached hydrogen (secondary N) is 1. The molecule has 1 unspecified atom stereocenters. The summed E-state index contributed by atoms with van der Waals surface area (Å²) >= 11 is 0. The first-order valence-electron chi connectivity index (χ1n) is 9.82. The van der Waals surface area contributed by atoms with Gasteiger partial charge in [0.15, 0.2) is 0 Å². The lowest BCUT2D eigenvalue weighted by Gasteiger charge is -2.08. The number of amides is 1. The van der Waals surface area contributed by atoms with Gasteiger partial charge in [0, 0.05) is 42.2 Å². The van der Waals surface area contributed by atoms with Crippen molar-refractivity contribution in [3.05, 3.63) is 70.5 Å². The van der Waals surface area contributed by atoms with E-state index < -0.39 is 10.8 Å². The predicted molar refractivity (Wildman–Crippen MR) is 120 cm³/mol. The Morgan fingerprint density at radius 1 is 1.17 bits per heavy atom. The lowest BCUT2D eigenvalue weighted by molar-refractivity contribution is -0.120. The highest BCUT2D eigenvalue weighted by Crippen LogP contribution is 2.43. The van der Waals surface area contributed by atoms with Gasteiger partial charge in [0.05, 0.1) is 6.42 Å². The highest BCUT2D eigenvalue weighted by Gasteiger charge is 2.25. The fraction of sp³-hybridized carbons (Fsp3) is 0.292. The maximum absolute atomic E-state index is 14.0. The Labute approximate surface area is 179 Å². The Bertz CT molecular complexity index is 1030. The summed E-state index contributed by atoms with van der Waals surface area (Å²) in [5.41, 5.74) is 5.41. The molecule has 6 heteroatoms. The molecule has 0 saturated carbocycles. The number of carbonyl (C=O) groups is 1. The van der Waals surface area contributed by atoms with Gasteiger partial charge in [-0.3, -0.25) is 9.00 Å². The normalized spacial score (nSPS) is 15.4. The highest BCUT2D eigenvalue weighted by molar-refractivity contribution is 7.84. The van der Waals surface area contributed by atoms with Gasteiger partial charge in [-0.25, -0.2) is 4.39 Å². The van der Waals surface area contributed by atoms with Gasteiger partial charge in [-0.15, -0.1) is 0 Å². The molecular formula is C24H26FNO3S. The van der Waals surface area contributed by atoms with Crippen LogP contribution in [-0.4, -0.2) is 36.6 Å². The first kappa shape index (κ1) is 22.1. The maximum atomic E-state index is 14.0. The minimum Gasteiger partial charge on any atom is -0.385 e. The van der Waals surface area contributed by atoms with E-state index in [0.717, 1.165) is 44.7 Å². The van der Waals surface area contributed by atoms with Gasteiger partial charge < -0.3 is 10.1 Å². The minimum atomic E-state index is -1.03. The molecule has 0 radical (unpaired) electrons. The van der Waals surface area contributed by atoms with Gasteiger partial charge in [-0.2, -0.15) is 0 Å². The molecule has 30 heavy (non-hydrogen) atoms. The van der Waals surface area contributed by atoms with E-state index in [9.17, 15) is 13.4 Å². The smallest absolute Gasteiger partial charge is 0.224 e. The molecular weight excluding hydrogens is 401 g/mol. The first-order valence-corrected chi connectivity index (χ1v) is 11.4. The summed E-state index contributed by atoms with van der Waals surface area (Å²) in [6.07, 6.45) is 4.61. The second-order valence-electron chi connectivity index (χ2n) is 7.25. The SMILES string of the molecule is COCCCNC(=O)CC1=C(C)/C(=C\c2ccc(S(C)=O)cc2)c2ccc(F)cc21. The molecule has 1 amide bonds. The maximum Gasteiger partial charge on any atom is 0.224 e. The molecule has 2 aromatic carbocycles. The monoisotopic (exact) mass is 427 g/mol. The largest absolute Gasteiger partial charge is 0.385 e. The van der Waals surface area contributed by atoms with Gasteiger partial charge >= 0.3 is 0 Å². The Balaban J connectivity index is 1.90. The quantitative estimate of drug-likeness (QED) is 0.634. The zero-order valence-corrected chi connectivity index (χ0v) is 18.3. The van der Waals surface area contributed by atoms with E-state index in [-0.39, 0.29) is 18.1 Å². The molecule has 158 valence electrons. The standard InChI is InChI=1S/C24H26FNO3S/c1-16-21(13-17-5-8-19(9-6-17)30(3)28)20-10-7-18(25)14-23(20)22(16)15-24(27)26-11-4-12-29-2/h5-10,13-14H,4,11-12,15H2,1-3H3,(H,26,27)/b21-13+. The van der Waals surface area contributed by atoms with Gasteiger partial charge in [0.1, 0.15) is 5.82 Å². The van der Waals surface area contributed by atoms with Crippen LogP contribution in [0, 0.1) is 5.82 Å². The highest BCUT2D eigenvalue weighted by atomic mass is 32.2. The number of carbonyl (C=O) groups excluding carboxylic acids is 1. The molecule has 1 aliphatic carbocycles. The molecule has 0 aliphatic heterocycles. The summed E-state index contributed by atoms with van der Waals surface area (Å²) < 4.78 is 30.6. The van der Waals surface area contributed by atoms with Crippen molar-refractivity contribution in [2.45, 2.75) is 24.7 Å². The zero-order valence-electron chi connectivity index (χ0n) is 17.5. The molecule has 1 aliphatic rings. The summed E-state index contributed by atoms with van der Waals surface area (Å²) in [6.45, 7) is 3.10. The van der Waals surface area contributed by atoms with Crippen molar-refractivity contribution in [2.24, 2.45) is 0 Å². The Kier molecular flexibility index (Phi) is 7.34. The van der Waals surface area contributed by atoms with Crippen LogP contribution in [0.15, 0.2) is 52.9 Å². The van der Waals surface area contributed by atoms with Crippen LogP contribution in [0.25, 0.3) is 17.2 Å². The van der Waals surface area contributed by atoms with E-state index >= 15 is 0 Å². The topological polar surface area (TPSA) is 55.4 Å². The third kappa shape index (κ3) is 5.12. The fourth-order valence-corrected chi connectivity index (χ4v) is 4.09. The summed E-state index contributed by atoms with van der Waals surface area (Å²) in [5, 5.41) is 2.90. The molecule has 2 aromatic rings. The van der Waals surface area contributed by atoms with E-state index in [1.54, 1.807) is 19.4 Å². The fourth-order valence-electron chi connectivity index (χ4n) is 3.57. The lowest BCUT2D eigenvalue weighted by atomic mass is 10.0. The van der Waals surface area contributed by atoms with Crippen molar-refractivity contribution >= 4 is 33.9 Å². The average molecular weight is 428 g/mol. The summed E-state index contributed by atoms with van der Waals surface area (Å²) in [5.74, 6) is -0.415. The molecule has 1 N–H and O–H groups in total. The molecule has 1 atom stereocenters. The molecule has 3 rings (SSSR count). The Morgan fingerprint density at radius 2 is 1.90 bits per heavy atom. The minimum absolute atomic E-state index is 0.0910. The number of hydrogen-bond donors (Lipinski definition) is 1. The first-order chi connectivity index (χ1) is 14.4. The number of ether oxygens (including phenoxy) is 1. The van der Waals surface area contributed by atoms with Crippen molar-refractivity contribution in [3.8, 4) is 0 Å². The third-order valence-corrected chi connectivity index (χ3v) is 6.10. The average Bonchev–Trinajstić information content (AvgIpc) is 2.97. The molecule has 0 spiro atoms. The molecule has 0 saturated heterocycles. The van der Waals surface area contributed by atoms with Crippen molar-refractivity contribution in [2.75, 3.05) is 26.5 Å². The van der Waals surface area contributed by atoms with Crippen LogP contribution in [0.4, 0.5) is 4.39 Å². The number of methoxy groups -OCH3 is 1. The third-order valence-electron chi connectivity index (χ3n) is 5.16. The van der Waals surface area contributed by atoms with E-state index in [1.807, 2.05) is 37.3 Å². The van der Waals surface area contributed by atoms with E-state index in [2.05, 4.69) is 5.32 Å². The van der Waals surface area contributed by atoms with Crippen LogP contribution < -0.4 is 5.32 Å². The van der Waals surface area contributed by atoms with Gasteiger partial charge in [-0.05, 0) is 77.1 Å². The van der Waals surface area contributed by atoms with Crippen LogP contribution in [-0.2, 0) is 20.3 Å². The summed E-state index contributed by atoms with van der Waals surface area (Å²) in [4.78, 5) is 13.2. The van der Waals surface area contributed by atoms with Gasteiger partial charge in [0.25, 0.3) is 0 Å². The number of benzene rings is 2.